The Kier molecular flexibility index (Phi) is 4.22. The number of carbonyl (C=O) groups excluding carboxylic acids is 1. The van der Waals surface area contributed by atoms with Gasteiger partial charge in [0.15, 0.2) is 0 Å². The van der Waals surface area contributed by atoms with E-state index in [1.54, 1.807) is 18.2 Å². The second-order valence-electron chi connectivity index (χ2n) is 4.45. The average Bonchev–Trinajstić information content (AvgIpc) is 2.36. The molecule has 0 aromatic heterocycles. The standard InChI is InChI=1S/C15H15BrN2O/c1-10-2-4-11(5-3-10)8-15(19)18-14-7-6-12(17)9-13(14)16/h2-7,9H,8,17H2,1H3,(H,18,19). The topological polar surface area (TPSA) is 55.1 Å². The zero-order chi connectivity index (χ0) is 13.8. The third-order valence-corrected chi connectivity index (χ3v) is 3.41. The van der Waals surface area contributed by atoms with Crippen LogP contribution in [0.25, 0.3) is 0 Å². The van der Waals surface area contributed by atoms with E-state index in [2.05, 4.69) is 21.2 Å². The third kappa shape index (κ3) is 3.83. The van der Waals surface area contributed by atoms with Crippen molar-refractivity contribution < 1.29 is 4.79 Å². The maximum atomic E-state index is 11.9. The van der Waals surface area contributed by atoms with Gasteiger partial charge in [0, 0.05) is 10.2 Å². The van der Waals surface area contributed by atoms with E-state index in [4.69, 9.17) is 5.73 Å². The minimum absolute atomic E-state index is 0.0469. The van der Waals surface area contributed by atoms with E-state index in [-0.39, 0.29) is 5.91 Å². The fourth-order valence-corrected chi connectivity index (χ4v) is 2.21. The average molecular weight is 319 g/mol. The number of nitrogens with one attached hydrogen (secondary N) is 1. The molecule has 2 aromatic rings. The lowest BCUT2D eigenvalue weighted by Crippen LogP contribution is -2.14. The molecule has 1 amide bonds. The van der Waals surface area contributed by atoms with Gasteiger partial charge < -0.3 is 11.1 Å². The summed E-state index contributed by atoms with van der Waals surface area (Å²) in [6.45, 7) is 2.02. The zero-order valence-electron chi connectivity index (χ0n) is 10.6. The van der Waals surface area contributed by atoms with Gasteiger partial charge in [0.2, 0.25) is 5.91 Å². The minimum Gasteiger partial charge on any atom is -0.399 e. The third-order valence-electron chi connectivity index (χ3n) is 2.75. The second kappa shape index (κ2) is 5.89. The SMILES string of the molecule is Cc1ccc(CC(=O)Nc2ccc(N)cc2Br)cc1. The Balaban J connectivity index is 2.03. The highest BCUT2D eigenvalue weighted by atomic mass is 79.9. The molecule has 0 aliphatic rings. The molecule has 0 bridgehead atoms. The van der Waals surface area contributed by atoms with Gasteiger partial charge in [0.1, 0.15) is 0 Å². The number of nitrogen functional groups attached to an aromatic ring is 1. The zero-order valence-corrected chi connectivity index (χ0v) is 12.2. The molecule has 0 saturated carbocycles. The van der Waals surface area contributed by atoms with E-state index in [9.17, 15) is 4.79 Å². The Labute approximate surface area is 121 Å². The summed E-state index contributed by atoms with van der Waals surface area (Å²) in [6.07, 6.45) is 0.358. The van der Waals surface area contributed by atoms with Crippen LogP contribution in [0.1, 0.15) is 11.1 Å². The number of benzene rings is 2. The number of hydrogen-bond donors (Lipinski definition) is 2. The molecule has 4 heteroatoms. The summed E-state index contributed by atoms with van der Waals surface area (Å²) in [4.78, 5) is 11.9. The summed E-state index contributed by atoms with van der Waals surface area (Å²) < 4.78 is 0.782. The van der Waals surface area contributed by atoms with Gasteiger partial charge in [-0.05, 0) is 46.6 Å². The first kappa shape index (κ1) is 13.6. The Hall–Kier alpha value is -1.81. The van der Waals surface area contributed by atoms with E-state index in [1.165, 1.54) is 5.56 Å². The molecule has 0 saturated heterocycles. The first-order valence-electron chi connectivity index (χ1n) is 5.95. The Morgan fingerprint density at radius 1 is 1.21 bits per heavy atom. The van der Waals surface area contributed by atoms with Gasteiger partial charge in [-0.3, -0.25) is 4.79 Å². The van der Waals surface area contributed by atoms with Crippen molar-refractivity contribution in [2.45, 2.75) is 13.3 Å². The molecule has 0 atom stereocenters. The molecule has 19 heavy (non-hydrogen) atoms. The molecule has 0 radical (unpaired) electrons. The molecule has 0 heterocycles. The Morgan fingerprint density at radius 2 is 1.89 bits per heavy atom. The lowest BCUT2D eigenvalue weighted by molar-refractivity contribution is -0.115. The normalized spacial score (nSPS) is 10.2. The minimum atomic E-state index is -0.0469. The smallest absolute Gasteiger partial charge is 0.228 e. The van der Waals surface area contributed by atoms with Crippen LogP contribution in [0.15, 0.2) is 46.9 Å². The number of halogens is 1. The van der Waals surface area contributed by atoms with Crippen LogP contribution in [0.4, 0.5) is 11.4 Å². The summed E-state index contributed by atoms with van der Waals surface area (Å²) >= 11 is 3.38. The molecule has 0 aliphatic heterocycles. The predicted octanol–water partition coefficient (Wildman–Crippen LogP) is 3.52. The number of nitrogens with two attached hydrogens (primary N) is 1. The molecule has 2 rings (SSSR count). The van der Waals surface area contributed by atoms with E-state index in [0.717, 1.165) is 15.7 Å². The highest BCUT2D eigenvalue weighted by Crippen LogP contribution is 2.24. The molecule has 2 aromatic carbocycles. The quantitative estimate of drug-likeness (QED) is 0.851. The van der Waals surface area contributed by atoms with Crippen LogP contribution in [0, 0.1) is 6.92 Å². The predicted molar refractivity (Wildman–Crippen MR) is 82.1 cm³/mol. The molecular formula is C15H15BrN2O. The molecule has 0 aliphatic carbocycles. The highest BCUT2D eigenvalue weighted by Gasteiger charge is 2.06. The van der Waals surface area contributed by atoms with Gasteiger partial charge in [-0.15, -0.1) is 0 Å². The van der Waals surface area contributed by atoms with Crippen LogP contribution < -0.4 is 11.1 Å². The molecule has 0 spiro atoms. The van der Waals surface area contributed by atoms with Gasteiger partial charge in [-0.2, -0.15) is 0 Å². The largest absolute Gasteiger partial charge is 0.399 e. The molecule has 0 fully saturated rings. The number of aryl methyl sites for hydroxylation is 1. The van der Waals surface area contributed by atoms with Crippen molar-refractivity contribution in [2.75, 3.05) is 11.1 Å². The van der Waals surface area contributed by atoms with Crippen LogP contribution in [-0.2, 0) is 11.2 Å². The number of amides is 1. The van der Waals surface area contributed by atoms with Gasteiger partial charge in [0.25, 0.3) is 0 Å². The van der Waals surface area contributed by atoms with Crippen LogP contribution in [0.5, 0.6) is 0 Å². The Morgan fingerprint density at radius 3 is 2.53 bits per heavy atom. The fourth-order valence-electron chi connectivity index (χ4n) is 1.72. The maximum Gasteiger partial charge on any atom is 0.228 e. The van der Waals surface area contributed by atoms with Crippen molar-refractivity contribution in [1.82, 2.24) is 0 Å². The van der Waals surface area contributed by atoms with Gasteiger partial charge in [0.05, 0.1) is 12.1 Å². The molecule has 0 unspecified atom stereocenters. The summed E-state index contributed by atoms with van der Waals surface area (Å²) in [6, 6.07) is 13.2. The molecule has 3 nitrogen and oxygen atoms in total. The highest BCUT2D eigenvalue weighted by molar-refractivity contribution is 9.10. The van der Waals surface area contributed by atoms with E-state index in [1.807, 2.05) is 31.2 Å². The lowest BCUT2D eigenvalue weighted by atomic mass is 10.1. The van der Waals surface area contributed by atoms with Gasteiger partial charge in [-0.1, -0.05) is 29.8 Å². The van der Waals surface area contributed by atoms with Crippen LogP contribution >= 0.6 is 15.9 Å². The van der Waals surface area contributed by atoms with E-state index >= 15 is 0 Å². The summed E-state index contributed by atoms with van der Waals surface area (Å²) in [5.41, 5.74) is 9.22. The van der Waals surface area contributed by atoms with Crippen molar-refractivity contribution in [3.8, 4) is 0 Å². The van der Waals surface area contributed by atoms with Crippen LogP contribution in [0.3, 0.4) is 0 Å². The molecular weight excluding hydrogens is 304 g/mol. The lowest BCUT2D eigenvalue weighted by Gasteiger charge is -2.08. The molecule has 98 valence electrons. The maximum absolute atomic E-state index is 11.9. The van der Waals surface area contributed by atoms with Crippen molar-refractivity contribution in [3.05, 3.63) is 58.1 Å². The number of hydrogen-bond acceptors (Lipinski definition) is 2. The first-order valence-corrected chi connectivity index (χ1v) is 6.74. The number of anilines is 2. The van der Waals surface area contributed by atoms with Crippen molar-refractivity contribution in [1.29, 1.82) is 0 Å². The summed E-state index contributed by atoms with van der Waals surface area (Å²) in [7, 11) is 0. The van der Waals surface area contributed by atoms with Gasteiger partial charge in [-0.25, -0.2) is 0 Å². The van der Waals surface area contributed by atoms with Gasteiger partial charge >= 0.3 is 0 Å². The number of rotatable bonds is 3. The van der Waals surface area contributed by atoms with E-state index in [0.29, 0.717) is 12.1 Å². The molecule has 3 N–H and O–H groups in total. The monoisotopic (exact) mass is 318 g/mol. The van der Waals surface area contributed by atoms with Crippen LogP contribution in [-0.4, -0.2) is 5.91 Å². The van der Waals surface area contributed by atoms with Crippen molar-refractivity contribution in [3.63, 3.8) is 0 Å². The fraction of sp³-hybridized carbons (Fsp3) is 0.133. The van der Waals surface area contributed by atoms with E-state index < -0.39 is 0 Å². The first-order chi connectivity index (χ1) is 9.04. The summed E-state index contributed by atoms with van der Waals surface area (Å²) in [5, 5.41) is 2.86. The summed E-state index contributed by atoms with van der Waals surface area (Å²) in [5.74, 6) is -0.0469. The van der Waals surface area contributed by atoms with Crippen LogP contribution in [0.2, 0.25) is 0 Å². The van der Waals surface area contributed by atoms with Crippen molar-refractivity contribution in [2.24, 2.45) is 0 Å². The Bertz CT molecular complexity index is 594. The second-order valence-corrected chi connectivity index (χ2v) is 5.30. The number of carbonyl (C=O) groups is 1. The van der Waals surface area contributed by atoms with Crippen molar-refractivity contribution >= 4 is 33.2 Å².